The van der Waals surface area contributed by atoms with Crippen LogP contribution in [-0.4, -0.2) is 12.1 Å². The van der Waals surface area contributed by atoms with Crippen LogP contribution in [0.1, 0.15) is 84.0 Å². The highest BCUT2D eigenvalue weighted by Gasteiger charge is 2.47. The highest BCUT2D eigenvalue weighted by atomic mass is 15.0. The van der Waals surface area contributed by atoms with Crippen LogP contribution in [0.15, 0.2) is 0 Å². The van der Waals surface area contributed by atoms with Gasteiger partial charge < -0.3 is 5.32 Å². The first-order valence-electron chi connectivity index (χ1n) is 8.55. The van der Waals surface area contributed by atoms with Gasteiger partial charge in [-0.1, -0.05) is 39.0 Å². The lowest BCUT2D eigenvalue weighted by Gasteiger charge is -2.53. The van der Waals surface area contributed by atoms with E-state index in [0.717, 1.165) is 23.4 Å². The molecule has 0 bridgehead atoms. The molecule has 3 aliphatic rings. The fourth-order valence-electron chi connectivity index (χ4n) is 4.75. The maximum Gasteiger partial charge on any atom is 0.0126 e. The zero-order chi connectivity index (χ0) is 12.4. The van der Waals surface area contributed by atoms with Gasteiger partial charge >= 0.3 is 0 Å². The predicted octanol–water partition coefficient (Wildman–Crippen LogP) is 4.66. The largest absolute Gasteiger partial charge is 0.311 e. The van der Waals surface area contributed by atoms with Crippen molar-refractivity contribution in [3.05, 3.63) is 0 Å². The second-order valence-corrected chi connectivity index (χ2v) is 7.49. The Labute approximate surface area is 113 Å². The first-order valence-corrected chi connectivity index (χ1v) is 8.55. The van der Waals surface area contributed by atoms with Crippen molar-refractivity contribution in [2.24, 2.45) is 11.3 Å². The average molecular weight is 249 g/mol. The summed E-state index contributed by atoms with van der Waals surface area (Å²) >= 11 is 0. The Morgan fingerprint density at radius 2 is 1.61 bits per heavy atom. The molecule has 3 saturated carbocycles. The third-order valence-corrected chi connectivity index (χ3v) is 6.21. The molecule has 0 aliphatic heterocycles. The first-order chi connectivity index (χ1) is 8.78. The Bertz CT molecular complexity index is 267. The maximum absolute atomic E-state index is 4.08. The highest BCUT2D eigenvalue weighted by Crippen LogP contribution is 2.52. The third kappa shape index (κ3) is 2.61. The van der Waals surface area contributed by atoms with Gasteiger partial charge in [0.15, 0.2) is 0 Å². The van der Waals surface area contributed by atoms with Gasteiger partial charge in [0.1, 0.15) is 0 Å². The normalized spacial score (nSPS) is 40.2. The Hall–Kier alpha value is -0.0400. The summed E-state index contributed by atoms with van der Waals surface area (Å²) in [6.45, 7) is 2.44. The molecule has 0 aromatic carbocycles. The predicted molar refractivity (Wildman–Crippen MR) is 77.7 cm³/mol. The molecule has 1 N–H and O–H groups in total. The molecule has 3 atom stereocenters. The van der Waals surface area contributed by atoms with E-state index in [2.05, 4.69) is 12.2 Å². The van der Waals surface area contributed by atoms with Crippen molar-refractivity contribution in [3.8, 4) is 0 Å². The minimum atomic E-state index is 0.746. The summed E-state index contributed by atoms with van der Waals surface area (Å²) in [4.78, 5) is 0. The summed E-state index contributed by atoms with van der Waals surface area (Å²) in [7, 11) is 0. The summed E-state index contributed by atoms with van der Waals surface area (Å²) in [6.07, 6.45) is 17.8. The van der Waals surface area contributed by atoms with Gasteiger partial charge in [-0.05, 0) is 56.3 Å². The molecule has 1 spiro atoms. The lowest BCUT2D eigenvalue weighted by Crippen LogP contribution is -2.56. The molecule has 3 fully saturated rings. The molecule has 1 heteroatoms. The second-order valence-electron chi connectivity index (χ2n) is 7.49. The summed E-state index contributed by atoms with van der Waals surface area (Å²) in [5.41, 5.74) is 0.746. The Morgan fingerprint density at radius 1 is 0.778 bits per heavy atom. The van der Waals surface area contributed by atoms with Crippen molar-refractivity contribution in [1.29, 1.82) is 0 Å². The van der Waals surface area contributed by atoms with Gasteiger partial charge in [0.2, 0.25) is 0 Å². The monoisotopic (exact) mass is 249 g/mol. The topological polar surface area (TPSA) is 12.0 Å². The zero-order valence-corrected chi connectivity index (χ0v) is 12.2. The van der Waals surface area contributed by atoms with Crippen LogP contribution in [-0.2, 0) is 0 Å². The number of rotatable bonds is 2. The van der Waals surface area contributed by atoms with Gasteiger partial charge in [-0.15, -0.1) is 0 Å². The van der Waals surface area contributed by atoms with Crippen molar-refractivity contribution < 1.29 is 0 Å². The SMILES string of the molecule is CC1CCCC(NC2CCC23CCCCC3)CC1. The van der Waals surface area contributed by atoms with Crippen LogP contribution in [0.5, 0.6) is 0 Å². The van der Waals surface area contributed by atoms with Gasteiger partial charge in [-0.2, -0.15) is 0 Å². The van der Waals surface area contributed by atoms with Crippen LogP contribution in [0.3, 0.4) is 0 Å². The molecular weight excluding hydrogens is 218 g/mol. The van der Waals surface area contributed by atoms with E-state index in [1.54, 1.807) is 0 Å². The van der Waals surface area contributed by atoms with Crippen molar-refractivity contribution in [3.63, 3.8) is 0 Å². The van der Waals surface area contributed by atoms with Crippen molar-refractivity contribution in [2.75, 3.05) is 0 Å². The molecular formula is C17H31N. The Balaban J connectivity index is 1.53. The van der Waals surface area contributed by atoms with E-state index < -0.39 is 0 Å². The lowest BCUT2D eigenvalue weighted by molar-refractivity contribution is 0.0153. The van der Waals surface area contributed by atoms with Crippen LogP contribution >= 0.6 is 0 Å². The number of hydrogen-bond donors (Lipinski definition) is 1. The molecule has 104 valence electrons. The quantitative estimate of drug-likeness (QED) is 0.702. The number of hydrogen-bond acceptors (Lipinski definition) is 1. The van der Waals surface area contributed by atoms with E-state index in [4.69, 9.17) is 0 Å². The number of nitrogens with one attached hydrogen (secondary N) is 1. The lowest BCUT2D eigenvalue weighted by atomic mass is 9.57. The molecule has 3 unspecified atom stereocenters. The highest BCUT2D eigenvalue weighted by molar-refractivity contribution is 5.02. The minimum Gasteiger partial charge on any atom is -0.311 e. The van der Waals surface area contributed by atoms with E-state index in [1.165, 1.54) is 77.0 Å². The molecule has 0 heterocycles. The van der Waals surface area contributed by atoms with Gasteiger partial charge in [0, 0.05) is 12.1 Å². The van der Waals surface area contributed by atoms with Crippen LogP contribution in [0.25, 0.3) is 0 Å². The Morgan fingerprint density at radius 3 is 2.33 bits per heavy atom. The fraction of sp³-hybridized carbons (Fsp3) is 1.00. The van der Waals surface area contributed by atoms with E-state index in [-0.39, 0.29) is 0 Å². The molecule has 1 nitrogen and oxygen atoms in total. The molecule has 0 amide bonds. The van der Waals surface area contributed by atoms with Crippen LogP contribution in [0.4, 0.5) is 0 Å². The van der Waals surface area contributed by atoms with Crippen molar-refractivity contribution in [2.45, 2.75) is 96.1 Å². The van der Waals surface area contributed by atoms with E-state index in [1.807, 2.05) is 0 Å². The summed E-state index contributed by atoms with van der Waals surface area (Å²) in [6, 6.07) is 1.73. The zero-order valence-electron chi connectivity index (χ0n) is 12.2. The van der Waals surface area contributed by atoms with E-state index in [9.17, 15) is 0 Å². The molecule has 3 aliphatic carbocycles. The summed E-state index contributed by atoms with van der Waals surface area (Å²) in [5.74, 6) is 0.974. The molecule has 0 saturated heterocycles. The molecule has 3 rings (SSSR count). The van der Waals surface area contributed by atoms with Gasteiger partial charge in [0.05, 0.1) is 0 Å². The van der Waals surface area contributed by atoms with Crippen LogP contribution < -0.4 is 5.32 Å². The van der Waals surface area contributed by atoms with Crippen LogP contribution in [0, 0.1) is 11.3 Å². The van der Waals surface area contributed by atoms with E-state index >= 15 is 0 Å². The minimum absolute atomic E-state index is 0.746. The maximum atomic E-state index is 4.08. The average Bonchev–Trinajstić information content (AvgIpc) is 2.61. The van der Waals surface area contributed by atoms with E-state index in [0.29, 0.717) is 0 Å². The van der Waals surface area contributed by atoms with Crippen LogP contribution in [0.2, 0.25) is 0 Å². The molecule has 0 radical (unpaired) electrons. The van der Waals surface area contributed by atoms with Gasteiger partial charge in [-0.3, -0.25) is 0 Å². The Kier molecular flexibility index (Phi) is 3.98. The van der Waals surface area contributed by atoms with Crippen molar-refractivity contribution >= 4 is 0 Å². The second kappa shape index (κ2) is 5.53. The summed E-state index contributed by atoms with van der Waals surface area (Å²) < 4.78 is 0. The molecule has 0 aromatic rings. The van der Waals surface area contributed by atoms with Gasteiger partial charge in [0.25, 0.3) is 0 Å². The van der Waals surface area contributed by atoms with Crippen molar-refractivity contribution in [1.82, 2.24) is 5.32 Å². The standard InChI is InChI=1S/C17H31N/c1-14-6-5-7-15(9-8-14)18-16-10-13-17(16)11-3-2-4-12-17/h14-16,18H,2-13H2,1H3. The molecule has 18 heavy (non-hydrogen) atoms. The van der Waals surface area contributed by atoms with Gasteiger partial charge in [-0.25, -0.2) is 0 Å². The summed E-state index contributed by atoms with van der Waals surface area (Å²) in [5, 5.41) is 4.08. The fourth-order valence-corrected chi connectivity index (χ4v) is 4.75. The molecule has 0 aromatic heterocycles. The smallest absolute Gasteiger partial charge is 0.0126 e. The third-order valence-electron chi connectivity index (χ3n) is 6.21. The first kappa shape index (κ1) is 13.0.